The molecule has 0 unspecified atom stereocenters. The number of halogens is 1. The molecule has 0 amide bonds. The zero-order chi connectivity index (χ0) is 10.7. The normalized spacial score (nSPS) is 10.0. The fourth-order valence-corrected chi connectivity index (χ4v) is 0.952. The van der Waals surface area contributed by atoms with Crippen LogP contribution in [0.5, 0.6) is 5.88 Å². The number of hydrogen-bond donors (Lipinski definition) is 0. The molecule has 0 atom stereocenters. The average Bonchev–Trinajstić information content (AvgIpc) is 2.10. The molecule has 74 valence electrons. The second kappa shape index (κ2) is 4.05. The molecule has 1 rings (SSSR count). The van der Waals surface area contributed by atoms with Crippen molar-refractivity contribution >= 4 is 0 Å². The van der Waals surface area contributed by atoms with Crippen molar-refractivity contribution in [2.75, 3.05) is 0 Å². The topological polar surface area (TPSA) is 45.9 Å². The molecule has 0 saturated carbocycles. The molecule has 0 aliphatic carbocycles. The first-order valence-electron chi connectivity index (χ1n) is 4.28. The molecule has 0 aliphatic heterocycles. The second-order valence-electron chi connectivity index (χ2n) is 3.19. The van der Waals surface area contributed by atoms with Crippen molar-refractivity contribution in [3.8, 4) is 11.9 Å². The molecule has 4 heteroatoms. The summed E-state index contributed by atoms with van der Waals surface area (Å²) in [5, 5.41) is 8.71. The Labute approximate surface area is 82.1 Å². The maximum absolute atomic E-state index is 13.0. The molecule has 0 fully saturated rings. The quantitative estimate of drug-likeness (QED) is 0.724. The predicted molar refractivity (Wildman–Crippen MR) is 49.4 cm³/mol. The number of aromatic nitrogens is 1. The summed E-state index contributed by atoms with van der Waals surface area (Å²) in [4.78, 5) is 3.86. The number of rotatable bonds is 2. The molecule has 14 heavy (non-hydrogen) atoms. The van der Waals surface area contributed by atoms with E-state index >= 15 is 0 Å². The predicted octanol–water partition coefficient (Wildman–Crippen LogP) is 2.19. The minimum atomic E-state index is -0.488. The van der Waals surface area contributed by atoms with Gasteiger partial charge in [-0.2, -0.15) is 5.26 Å². The summed E-state index contributed by atoms with van der Waals surface area (Å²) in [6.07, 6.45) is -0.0838. The Bertz CT molecular complexity index is 382. The van der Waals surface area contributed by atoms with Crippen molar-refractivity contribution in [3.05, 3.63) is 23.1 Å². The summed E-state index contributed by atoms with van der Waals surface area (Å²) in [5.74, 6) is -0.293. The summed E-state index contributed by atoms with van der Waals surface area (Å²) in [6.45, 7) is 5.17. The minimum Gasteiger partial charge on any atom is -0.474 e. The third-order valence-corrected chi connectivity index (χ3v) is 1.58. The molecule has 0 aromatic carbocycles. The van der Waals surface area contributed by atoms with Crippen LogP contribution in [0.3, 0.4) is 0 Å². The first-order valence-corrected chi connectivity index (χ1v) is 4.28. The lowest BCUT2D eigenvalue weighted by Gasteiger charge is -2.10. The highest BCUT2D eigenvalue weighted by atomic mass is 19.1. The van der Waals surface area contributed by atoms with E-state index in [0.29, 0.717) is 0 Å². The van der Waals surface area contributed by atoms with Crippen LogP contribution < -0.4 is 4.74 Å². The van der Waals surface area contributed by atoms with E-state index < -0.39 is 5.82 Å². The van der Waals surface area contributed by atoms with Crippen LogP contribution in [0, 0.1) is 24.1 Å². The largest absolute Gasteiger partial charge is 0.474 e. The van der Waals surface area contributed by atoms with E-state index in [1.54, 1.807) is 0 Å². The van der Waals surface area contributed by atoms with E-state index in [1.807, 2.05) is 19.9 Å². The van der Waals surface area contributed by atoms with Crippen LogP contribution in [-0.4, -0.2) is 11.1 Å². The van der Waals surface area contributed by atoms with Gasteiger partial charge in [-0.25, -0.2) is 9.37 Å². The number of hydrogen-bond acceptors (Lipinski definition) is 3. The summed E-state index contributed by atoms with van der Waals surface area (Å²) < 4.78 is 18.3. The Morgan fingerprint density at radius 2 is 2.21 bits per heavy atom. The van der Waals surface area contributed by atoms with Crippen LogP contribution in [0.25, 0.3) is 0 Å². The van der Waals surface area contributed by atoms with E-state index in [2.05, 4.69) is 4.98 Å². The zero-order valence-corrected chi connectivity index (χ0v) is 8.34. The van der Waals surface area contributed by atoms with Gasteiger partial charge < -0.3 is 4.74 Å². The Hall–Kier alpha value is -1.63. The number of pyridine rings is 1. The van der Waals surface area contributed by atoms with Gasteiger partial charge in [-0.05, 0) is 26.8 Å². The van der Waals surface area contributed by atoms with E-state index in [1.165, 1.54) is 6.92 Å². The lowest BCUT2D eigenvalue weighted by Crippen LogP contribution is -2.09. The maximum atomic E-state index is 13.0. The van der Waals surface area contributed by atoms with E-state index in [0.717, 1.165) is 6.07 Å². The monoisotopic (exact) mass is 194 g/mol. The molecular formula is C10H11FN2O. The molecule has 0 spiro atoms. The SMILES string of the molecule is Cc1nc(OC(C)C)c(C#N)cc1F. The Morgan fingerprint density at radius 3 is 2.71 bits per heavy atom. The highest BCUT2D eigenvalue weighted by molar-refractivity contribution is 5.39. The summed E-state index contributed by atoms with van der Waals surface area (Å²) in [5.41, 5.74) is 0.362. The van der Waals surface area contributed by atoms with Crippen LogP contribution in [0.4, 0.5) is 4.39 Å². The molecule has 0 radical (unpaired) electrons. The lowest BCUT2D eigenvalue weighted by atomic mass is 10.2. The molecule has 0 aliphatic rings. The van der Waals surface area contributed by atoms with Gasteiger partial charge in [-0.3, -0.25) is 0 Å². The average molecular weight is 194 g/mol. The van der Waals surface area contributed by atoms with Gasteiger partial charge in [-0.15, -0.1) is 0 Å². The van der Waals surface area contributed by atoms with E-state index in [9.17, 15) is 4.39 Å². The van der Waals surface area contributed by atoms with Gasteiger partial charge in [-0.1, -0.05) is 0 Å². The van der Waals surface area contributed by atoms with Crippen molar-refractivity contribution in [2.45, 2.75) is 26.9 Å². The maximum Gasteiger partial charge on any atom is 0.232 e. The Balaban J connectivity index is 3.15. The van der Waals surface area contributed by atoms with Crippen LogP contribution in [-0.2, 0) is 0 Å². The zero-order valence-electron chi connectivity index (χ0n) is 8.34. The molecule has 3 nitrogen and oxygen atoms in total. The van der Waals surface area contributed by atoms with Crippen LogP contribution in [0.2, 0.25) is 0 Å². The third kappa shape index (κ3) is 2.19. The van der Waals surface area contributed by atoms with Gasteiger partial charge in [0, 0.05) is 0 Å². The number of nitriles is 1. The first kappa shape index (κ1) is 10.5. The van der Waals surface area contributed by atoms with E-state index in [-0.39, 0.29) is 23.2 Å². The molecule has 0 N–H and O–H groups in total. The van der Waals surface area contributed by atoms with Crippen LogP contribution >= 0.6 is 0 Å². The van der Waals surface area contributed by atoms with Crippen molar-refractivity contribution in [2.24, 2.45) is 0 Å². The molecule has 0 bridgehead atoms. The van der Waals surface area contributed by atoms with E-state index in [4.69, 9.17) is 10.00 Å². The van der Waals surface area contributed by atoms with Crippen LogP contribution in [0.15, 0.2) is 6.07 Å². The van der Waals surface area contributed by atoms with Gasteiger partial charge in [0.05, 0.1) is 11.8 Å². The lowest BCUT2D eigenvalue weighted by molar-refractivity contribution is 0.231. The van der Waals surface area contributed by atoms with Gasteiger partial charge in [0.1, 0.15) is 17.4 Å². The van der Waals surface area contributed by atoms with Gasteiger partial charge in [0.15, 0.2) is 0 Å². The summed E-state index contributed by atoms with van der Waals surface area (Å²) >= 11 is 0. The number of nitrogens with zero attached hydrogens (tertiary/aromatic N) is 2. The van der Waals surface area contributed by atoms with Crippen molar-refractivity contribution in [1.29, 1.82) is 5.26 Å². The number of aryl methyl sites for hydroxylation is 1. The van der Waals surface area contributed by atoms with Crippen molar-refractivity contribution in [1.82, 2.24) is 4.98 Å². The van der Waals surface area contributed by atoms with Crippen molar-refractivity contribution in [3.63, 3.8) is 0 Å². The first-order chi connectivity index (χ1) is 6.54. The van der Waals surface area contributed by atoms with Gasteiger partial charge >= 0.3 is 0 Å². The fraction of sp³-hybridized carbons (Fsp3) is 0.400. The minimum absolute atomic E-state index is 0.0838. The highest BCUT2D eigenvalue weighted by Gasteiger charge is 2.11. The number of ether oxygens (including phenoxy) is 1. The Morgan fingerprint density at radius 1 is 1.57 bits per heavy atom. The standard InChI is InChI=1S/C10H11FN2O/c1-6(2)14-10-8(5-12)4-9(11)7(3)13-10/h4,6H,1-3H3. The van der Waals surface area contributed by atoms with Gasteiger partial charge in [0.25, 0.3) is 0 Å². The summed E-state index contributed by atoms with van der Waals surface area (Å²) in [6, 6.07) is 2.98. The molecule has 1 aromatic heterocycles. The third-order valence-electron chi connectivity index (χ3n) is 1.58. The summed E-state index contributed by atoms with van der Waals surface area (Å²) in [7, 11) is 0. The smallest absolute Gasteiger partial charge is 0.232 e. The van der Waals surface area contributed by atoms with Crippen molar-refractivity contribution < 1.29 is 9.13 Å². The highest BCUT2D eigenvalue weighted by Crippen LogP contribution is 2.18. The fourth-order valence-electron chi connectivity index (χ4n) is 0.952. The molecule has 0 saturated heterocycles. The molecular weight excluding hydrogens is 183 g/mol. The molecule has 1 aromatic rings. The second-order valence-corrected chi connectivity index (χ2v) is 3.19. The van der Waals surface area contributed by atoms with Crippen LogP contribution in [0.1, 0.15) is 25.1 Å². The Kier molecular flexibility index (Phi) is 3.03. The van der Waals surface area contributed by atoms with Gasteiger partial charge in [0.2, 0.25) is 5.88 Å². The molecule has 1 heterocycles.